The van der Waals surface area contributed by atoms with E-state index in [-0.39, 0.29) is 5.91 Å². The summed E-state index contributed by atoms with van der Waals surface area (Å²) >= 11 is 5.73. The third-order valence-electron chi connectivity index (χ3n) is 2.92. The van der Waals surface area contributed by atoms with E-state index in [1.165, 1.54) is 0 Å². The SMILES string of the molecule is O=C(NCCOC1CCNCC1)c1cc(Cl)c[nH]1. The Morgan fingerprint density at radius 1 is 1.50 bits per heavy atom. The first-order valence-corrected chi connectivity index (χ1v) is 6.58. The number of nitrogens with one attached hydrogen (secondary N) is 3. The summed E-state index contributed by atoms with van der Waals surface area (Å²) in [7, 11) is 0. The molecule has 1 aromatic heterocycles. The molecule has 0 spiro atoms. The van der Waals surface area contributed by atoms with E-state index in [4.69, 9.17) is 16.3 Å². The molecule has 2 heterocycles. The minimum Gasteiger partial charge on any atom is -0.376 e. The molecule has 2 rings (SSSR count). The number of hydrogen-bond acceptors (Lipinski definition) is 3. The molecule has 0 unspecified atom stereocenters. The number of amides is 1. The Kier molecular flexibility index (Phi) is 5.04. The first-order valence-electron chi connectivity index (χ1n) is 6.20. The Balaban J connectivity index is 1.61. The highest BCUT2D eigenvalue weighted by Crippen LogP contribution is 2.09. The summed E-state index contributed by atoms with van der Waals surface area (Å²) in [6, 6.07) is 1.60. The normalized spacial score (nSPS) is 16.7. The molecule has 1 fully saturated rings. The first kappa shape index (κ1) is 13.4. The van der Waals surface area contributed by atoms with Crippen LogP contribution in [0.15, 0.2) is 12.3 Å². The van der Waals surface area contributed by atoms with Crippen molar-refractivity contribution in [3.05, 3.63) is 23.0 Å². The van der Waals surface area contributed by atoms with Gasteiger partial charge in [-0.1, -0.05) is 11.6 Å². The zero-order chi connectivity index (χ0) is 12.8. The predicted octanol–water partition coefficient (Wildman–Crippen LogP) is 1.17. The fraction of sp³-hybridized carbons (Fsp3) is 0.583. The second-order valence-corrected chi connectivity index (χ2v) is 4.74. The van der Waals surface area contributed by atoms with E-state index in [0.29, 0.717) is 30.0 Å². The molecule has 5 nitrogen and oxygen atoms in total. The van der Waals surface area contributed by atoms with Crippen molar-refractivity contribution in [1.82, 2.24) is 15.6 Å². The summed E-state index contributed by atoms with van der Waals surface area (Å²) in [4.78, 5) is 14.4. The minimum atomic E-state index is -0.157. The van der Waals surface area contributed by atoms with Crippen LogP contribution >= 0.6 is 11.6 Å². The standard InChI is InChI=1S/C12H18ClN3O2/c13-9-7-11(16-8-9)12(17)15-5-6-18-10-1-3-14-4-2-10/h7-8,10,14,16H,1-6H2,(H,15,17). The Hall–Kier alpha value is -1.04. The lowest BCUT2D eigenvalue weighted by Gasteiger charge is -2.22. The van der Waals surface area contributed by atoms with Crippen molar-refractivity contribution in [3.8, 4) is 0 Å². The first-order chi connectivity index (χ1) is 8.75. The van der Waals surface area contributed by atoms with Gasteiger partial charge in [-0.15, -0.1) is 0 Å². The quantitative estimate of drug-likeness (QED) is 0.704. The van der Waals surface area contributed by atoms with Gasteiger partial charge in [0.05, 0.1) is 17.7 Å². The lowest BCUT2D eigenvalue weighted by atomic mass is 10.1. The molecule has 6 heteroatoms. The Morgan fingerprint density at radius 2 is 2.28 bits per heavy atom. The third kappa shape index (κ3) is 4.01. The van der Waals surface area contributed by atoms with Crippen molar-refractivity contribution >= 4 is 17.5 Å². The number of aromatic amines is 1. The van der Waals surface area contributed by atoms with Crippen molar-refractivity contribution in [3.63, 3.8) is 0 Å². The van der Waals surface area contributed by atoms with Gasteiger partial charge in [0.2, 0.25) is 0 Å². The van der Waals surface area contributed by atoms with Gasteiger partial charge in [0.15, 0.2) is 0 Å². The van der Waals surface area contributed by atoms with Gasteiger partial charge in [-0.25, -0.2) is 0 Å². The summed E-state index contributed by atoms with van der Waals surface area (Å²) in [6.07, 6.45) is 3.99. The zero-order valence-electron chi connectivity index (χ0n) is 10.2. The summed E-state index contributed by atoms with van der Waals surface area (Å²) in [5.41, 5.74) is 0.474. The molecule has 0 aromatic carbocycles. The van der Waals surface area contributed by atoms with Gasteiger partial charge < -0.3 is 20.4 Å². The summed E-state index contributed by atoms with van der Waals surface area (Å²) in [5.74, 6) is -0.157. The van der Waals surface area contributed by atoms with E-state index in [9.17, 15) is 4.79 Å². The predicted molar refractivity (Wildman–Crippen MR) is 70.0 cm³/mol. The van der Waals surface area contributed by atoms with Gasteiger partial charge in [0.25, 0.3) is 5.91 Å². The highest BCUT2D eigenvalue weighted by Gasteiger charge is 2.13. The lowest BCUT2D eigenvalue weighted by Crippen LogP contribution is -2.34. The summed E-state index contributed by atoms with van der Waals surface area (Å²) in [5, 5.41) is 6.60. The highest BCUT2D eigenvalue weighted by molar-refractivity contribution is 6.30. The third-order valence-corrected chi connectivity index (χ3v) is 3.14. The minimum absolute atomic E-state index is 0.157. The number of carbonyl (C=O) groups is 1. The maximum Gasteiger partial charge on any atom is 0.267 e. The van der Waals surface area contributed by atoms with Crippen LogP contribution in [-0.2, 0) is 4.74 Å². The van der Waals surface area contributed by atoms with Crippen LogP contribution in [0.3, 0.4) is 0 Å². The van der Waals surface area contributed by atoms with Gasteiger partial charge in [0.1, 0.15) is 5.69 Å². The van der Waals surface area contributed by atoms with Gasteiger partial charge in [-0.05, 0) is 32.0 Å². The van der Waals surface area contributed by atoms with Crippen LogP contribution in [0.2, 0.25) is 5.02 Å². The topological polar surface area (TPSA) is 66.2 Å². The van der Waals surface area contributed by atoms with Gasteiger partial charge in [0, 0.05) is 12.7 Å². The van der Waals surface area contributed by atoms with Crippen LogP contribution in [0, 0.1) is 0 Å². The summed E-state index contributed by atoms with van der Waals surface area (Å²) < 4.78 is 5.68. The number of rotatable bonds is 5. The molecule has 1 amide bonds. The molecule has 0 radical (unpaired) electrons. The monoisotopic (exact) mass is 271 g/mol. The van der Waals surface area contributed by atoms with E-state index in [1.54, 1.807) is 12.3 Å². The maximum atomic E-state index is 11.6. The second-order valence-electron chi connectivity index (χ2n) is 4.31. The van der Waals surface area contributed by atoms with E-state index >= 15 is 0 Å². The van der Waals surface area contributed by atoms with Gasteiger partial charge in [-0.2, -0.15) is 0 Å². The zero-order valence-corrected chi connectivity index (χ0v) is 10.9. The average Bonchev–Trinajstić information content (AvgIpc) is 2.82. The molecule has 1 aromatic rings. The molecule has 18 heavy (non-hydrogen) atoms. The van der Waals surface area contributed by atoms with Crippen LogP contribution in [-0.4, -0.2) is 43.2 Å². The molecule has 1 saturated heterocycles. The molecular formula is C12H18ClN3O2. The van der Waals surface area contributed by atoms with Crippen molar-refractivity contribution in [2.24, 2.45) is 0 Å². The molecule has 1 aliphatic rings. The Bertz CT molecular complexity index is 388. The van der Waals surface area contributed by atoms with Crippen LogP contribution in [0.5, 0.6) is 0 Å². The van der Waals surface area contributed by atoms with Crippen molar-refractivity contribution in [1.29, 1.82) is 0 Å². The largest absolute Gasteiger partial charge is 0.376 e. The van der Waals surface area contributed by atoms with Crippen LogP contribution in [0.1, 0.15) is 23.3 Å². The van der Waals surface area contributed by atoms with Crippen LogP contribution in [0.25, 0.3) is 0 Å². The average molecular weight is 272 g/mol. The molecule has 3 N–H and O–H groups in total. The van der Waals surface area contributed by atoms with Crippen molar-refractivity contribution in [2.75, 3.05) is 26.2 Å². The van der Waals surface area contributed by atoms with Gasteiger partial charge >= 0.3 is 0 Å². The molecule has 1 aliphatic heterocycles. The van der Waals surface area contributed by atoms with E-state index in [1.807, 2.05) is 0 Å². The Labute approximate surface area is 111 Å². The smallest absolute Gasteiger partial charge is 0.267 e. The van der Waals surface area contributed by atoms with Crippen molar-refractivity contribution in [2.45, 2.75) is 18.9 Å². The lowest BCUT2D eigenvalue weighted by molar-refractivity contribution is 0.0343. The molecule has 0 saturated carbocycles. The number of hydrogen-bond donors (Lipinski definition) is 3. The second kappa shape index (κ2) is 6.78. The number of piperidine rings is 1. The number of aromatic nitrogens is 1. The van der Waals surface area contributed by atoms with Crippen molar-refractivity contribution < 1.29 is 9.53 Å². The number of carbonyl (C=O) groups excluding carboxylic acids is 1. The van der Waals surface area contributed by atoms with Gasteiger partial charge in [-0.3, -0.25) is 4.79 Å². The van der Waals surface area contributed by atoms with Crippen LogP contribution in [0.4, 0.5) is 0 Å². The molecule has 0 atom stereocenters. The maximum absolute atomic E-state index is 11.6. The molecule has 100 valence electrons. The van der Waals surface area contributed by atoms with Crippen LogP contribution < -0.4 is 10.6 Å². The molecule has 0 bridgehead atoms. The fourth-order valence-corrected chi connectivity index (χ4v) is 2.11. The fourth-order valence-electron chi connectivity index (χ4n) is 1.95. The van der Waals surface area contributed by atoms with E-state index in [0.717, 1.165) is 25.9 Å². The molecular weight excluding hydrogens is 254 g/mol. The molecule has 0 aliphatic carbocycles. The number of ether oxygens (including phenoxy) is 1. The number of H-pyrrole nitrogens is 1. The van der Waals surface area contributed by atoms with E-state index < -0.39 is 0 Å². The van der Waals surface area contributed by atoms with E-state index in [2.05, 4.69) is 15.6 Å². The Morgan fingerprint density at radius 3 is 2.94 bits per heavy atom. The summed E-state index contributed by atoms with van der Waals surface area (Å²) in [6.45, 7) is 3.08. The highest BCUT2D eigenvalue weighted by atomic mass is 35.5. The number of halogens is 1.